The van der Waals surface area contributed by atoms with E-state index in [1.54, 1.807) is 4.90 Å². The molecule has 0 spiro atoms. The van der Waals surface area contributed by atoms with Crippen LogP contribution in [-0.2, 0) is 6.42 Å². The van der Waals surface area contributed by atoms with Crippen LogP contribution in [0.25, 0.3) is 0 Å². The van der Waals surface area contributed by atoms with E-state index in [9.17, 15) is 13.6 Å². The largest absolute Gasteiger partial charge is 0.305 e. The molecule has 0 N–H and O–H groups in total. The van der Waals surface area contributed by atoms with Crippen LogP contribution in [0.15, 0.2) is 36.4 Å². The normalized spacial score (nSPS) is 17.3. The summed E-state index contributed by atoms with van der Waals surface area (Å²) < 4.78 is 26.7. The van der Waals surface area contributed by atoms with Crippen molar-refractivity contribution in [3.05, 3.63) is 64.2 Å². The van der Waals surface area contributed by atoms with E-state index >= 15 is 0 Å². The van der Waals surface area contributed by atoms with E-state index < -0.39 is 17.5 Å². The highest BCUT2D eigenvalue weighted by Gasteiger charge is 2.30. The van der Waals surface area contributed by atoms with Gasteiger partial charge in [0.15, 0.2) is 11.6 Å². The first-order valence-electron chi connectivity index (χ1n) is 7.05. The Morgan fingerprint density at radius 2 is 1.91 bits per heavy atom. The SMILES string of the molecule is CC1CCc2ccccc2N1C(=O)c1cc(F)c(F)cc1Cl. The molecule has 0 bridgehead atoms. The topological polar surface area (TPSA) is 20.3 Å². The fourth-order valence-corrected chi connectivity index (χ4v) is 3.05. The van der Waals surface area contributed by atoms with Crippen LogP contribution < -0.4 is 4.90 Å². The van der Waals surface area contributed by atoms with Gasteiger partial charge in [0, 0.05) is 11.7 Å². The standard InChI is InChI=1S/C17H14ClF2NO/c1-10-6-7-11-4-2-3-5-16(11)21(10)17(22)12-8-14(19)15(20)9-13(12)18/h2-5,8-10H,6-7H2,1H3. The molecule has 0 radical (unpaired) electrons. The minimum atomic E-state index is -1.08. The highest BCUT2D eigenvalue weighted by molar-refractivity contribution is 6.34. The fraction of sp³-hybridized carbons (Fsp3) is 0.235. The first-order chi connectivity index (χ1) is 10.5. The number of hydrogen-bond donors (Lipinski definition) is 0. The van der Waals surface area contributed by atoms with Crippen LogP contribution >= 0.6 is 11.6 Å². The maximum Gasteiger partial charge on any atom is 0.260 e. The average Bonchev–Trinajstić information content (AvgIpc) is 2.50. The minimum absolute atomic E-state index is 0.0240. The zero-order valence-corrected chi connectivity index (χ0v) is 12.7. The van der Waals surface area contributed by atoms with Gasteiger partial charge in [-0.3, -0.25) is 4.79 Å². The lowest BCUT2D eigenvalue weighted by molar-refractivity contribution is 0.0975. The third kappa shape index (κ3) is 2.48. The summed E-state index contributed by atoms with van der Waals surface area (Å²) in [5.74, 6) is -2.55. The number of nitrogens with zero attached hydrogens (tertiary/aromatic N) is 1. The van der Waals surface area contributed by atoms with E-state index in [2.05, 4.69) is 0 Å². The molecule has 0 saturated heterocycles. The number of hydrogen-bond acceptors (Lipinski definition) is 1. The molecule has 0 aromatic heterocycles. The maximum absolute atomic E-state index is 13.5. The van der Waals surface area contributed by atoms with Crippen molar-refractivity contribution in [2.24, 2.45) is 0 Å². The molecule has 2 aromatic rings. The van der Waals surface area contributed by atoms with Crippen molar-refractivity contribution >= 4 is 23.2 Å². The Morgan fingerprint density at radius 1 is 1.23 bits per heavy atom. The molecule has 22 heavy (non-hydrogen) atoms. The summed E-state index contributed by atoms with van der Waals surface area (Å²) in [6.07, 6.45) is 1.69. The van der Waals surface area contributed by atoms with Crippen LogP contribution in [0.1, 0.15) is 29.3 Å². The molecule has 1 heterocycles. The van der Waals surface area contributed by atoms with Crippen molar-refractivity contribution in [2.75, 3.05) is 4.90 Å². The van der Waals surface area contributed by atoms with E-state index in [4.69, 9.17) is 11.6 Å². The maximum atomic E-state index is 13.5. The first kappa shape index (κ1) is 15.0. The average molecular weight is 322 g/mol. The molecular weight excluding hydrogens is 308 g/mol. The summed E-state index contributed by atoms with van der Waals surface area (Å²) in [4.78, 5) is 14.4. The Bertz CT molecular complexity index is 747. The Hall–Kier alpha value is -1.94. The number of rotatable bonds is 1. The molecule has 0 saturated carbocycles. The van der Waals surface area contributed by atoms with Gasteiger partial charge in [-0.1, -0.05) is 29.8 Å². The lowest BCUT2D eigenvalue weighted by Gasteiger charge is -2.35. The molecule has 2 nitrogen and oxygen atoms in total. The molecule has 1 aliphatic heterocycles. The summed E-state index contributed by atoms with van der Waals surface area (Å²) >= 11 is 5.94. The summed E-state index contributed by atoms with van der Waals surface area (Å²) in [6.45, 7) is 1.93. The Labute approximate surface area is 132 Å². The number of amides is 1. The second kappa shape index (κ2) is 5.69. The number of benzene rings is 2. The Morgan fingerprint density at radius 3 is 2.68 bits per heavy atom. The molecule has 5 heteroatoms. The molecule has 1 aliphatic rings. The summed E-state index contributed by atoms with van der Waals surface area (Å²) in [5, 5.41) is -0.0841. The highest BCUT2D eigenvalue weighted by atomic mass is 35.5. The number of anilines is 1. The predicted octanol–water partition coefficient (Wildman–Crippen LogP) is 4.60. The van der Waals surface area contributed by atoms with Gasteiger partial charge in [-0.25, -0.2) is 8.78 Å². The molecule has 1 atom stereocenters. The van der Waals surface area contributed by atoms with Crippen LogP contribution in [0.5, 0.6) is 0 Å². The lowest BCUT2D eigenvalue weighted by atomic mass is 9.95. The van der Waals surface area contributed by atoms with E-state index in [-0.39, 0.29) is 16.6 Å². The number of aryl methyl sites for hydroxylation is 1. The summed E-state index contributed by atoms with van der Waals surface area (Å²) in [6, 6.07) is 9.26. The van der Waals surface area contributed by atoms with Gasteiger partial charge in [-0.05, 0) is 43.5 Å². The molecule has 0 fully saturated rings. The molecule has 114 valence electrons. The van der Waals surface area contributed by atoms with Crippen LogP contribution in [0, 0.1) is 11.6 Å². The molecule has 2 aromatic carbocycles. The van der Waals surface area contributed by atoms with Crippen molar-refractivity contribution in [3.63, 3.8) is 0 Å². The van der Waals surface area contributed by atoms with Gasteiger partial charge in [0.25, 0.3) is 5.91 Å². The van der Waals surface area contributed by atoms with Gasteiger partial charge in [-0.15, -0.1) is 0 Å². The van der Waals surface area contributed by atoms with Gasteiger partial charge in [0.05, 0.1) is 10.6 Å². The highest BCUT2D eigenvalue weighted by Crippen LogP contribution is 2.33. The van der Waals surface area contributed by atoms with Crippen LogP contribution in [0.4, 0.5) is 14.5 Å². The van der Waals surface area contributed by atoms with Gasteiger partial charge in [0.1, 0.15) is 0 Å². The van der Waals surface area contributed by atoms with Crippen molar-refractivity contribution in [1.29, 1.82) is 0 Å². The number of fused-ring (bicyclic) bond motifs is 1. The predicted molar refractivity (Wildman–Crippen MR) is 82.4 cm³/mol. The van der Waals surface area contributed by atoms with Gasteiger partial charge in [-0.2, -0.15) is 0 Å². The van der Waals surface area contributed by atoms with E-state index in [1.807, 2.05) is 31.2 Å². The van der Waals surface area contributed by atoms with Crippen molar-refractivity contribution < 1.29 is 13.6 Å². The van der Waals surface area contributed by atoms with Crippen molar-refractivity contribution in [1.82, 2.24) is 0 Å². The second-order valence-corrected chi connectivity index (χ2v) is 5.84. The number of para-hydroxylation sites is 1. The van der Waals surface area contributed by atoms with Crippen LogP contribution in [0.3, 0.4) is 0 Å². The Balaban J connectivity index is 2.07. The minimum Gasteiger partial charge on any atom is -0.305 e. The molecule has 1 amide bonds. The third-order valence-corrected chi connectivity index (χ3v) is 4.30. The molecular formula is C17H14ClF2NO. The van der Waals surface area contributed by atoms with Crippen molar-refractivity contribution in [2.45, 2.75) is 25.8 Å². The van der Waals surface area contributed by atoms with E-state index in [1.165, 1.54) is 0 Å². The Kier molecular flexibility index (Phi) is 3.87. The third-order valence-electron chi connectivity index (χ3n) is 3.98. The molecule has 3 rings (SSSR count). The van der Waals surface area contributed by atoms with Gasteiger partial charge >= 0.3 is 0 Å². The molecule has 0 aliphatic carbocycles. The van der Waals surface area contributed by atoms with Crippen LogP contribution in [-0.4, -0.2) is 11.9 Å². The summed E-state index contributed by atoms with van der Waals surface area (Å²) in [7, 11) is 0. The van der Waals surface area contributed by atoms with E-state index in [0.717, 1.165) is 36.2 Å². The quantitative estimate of drug-likeness (QED) is 0.703. The number of carbonyl (C=O) groups excluding carboxylic acids is 1. The zero-order valence-electron chi connectivity index (χ0n) is 11.9. The summed E-state index contributed by atoms with van der Waals surface area (Å²) in [5.41, 5.74) is 1.84. The van der Waals surface area contributed by atoms with Gasteiger partial charge < -0.3 is 4.90 Å². The zero-order chi connectivity index (χ0) is 15.9. The molecule has 1 unspecified atom stereocenters. The number of halogens is 3. The van der Waals surface area contributed by atoms with E-state index in [0.29, 0.717) is 0 Å². The second-order valence-electron chi connectivity index (χ2n) is 5.44. The van der Waals surface area contributed by atoms with Crippen molar-refractivity contribution in [3.8, 4) is 0 Å². The number of carbonyl (C=O) groups is 1. The first-order valence-corrected chi connectivity index (χ1v) is 7.43. The van der Waals surface area contributed by atoms with Crippen LogP contribution in [0.2, 0.25) is 5.02 Å². The smallest absolute Gasteiger partial charge is 0.260 e. The fourth-order valence-electron chi connectivity index (χ4n) is 2.81. The lowest BCUT2D eigenvalue weighted by Crippen LogP contribution is -2.42. The van der Waals surface area contributed by atoms with Gasteiger partial charge in [0.2, 0.25) is 0 Å². The monoisotopic (exact) mass is 321 g/mol.